The van der Waals surface area contributed by atoms with Gasteiger partial charge >= 0.3 is 0 Å². The van der Waals surface area contributed by atoms with E-state index in [2.05, 4.69) is 26.3 Å². The fraction of sp³-hybridized carbons (Fsp3) is 0.286. The summed E-state index contributed by atoms with van der Waals surface area (Å²) in [6, 6.07) is 7.00. The second-order valence-corrected chi connectivity index (χ2v) is 7.37. The maximum Gasteiger partial charge on any atom is 0.253 e. The number of aryl methyl sites for hydroxylation is 2. The highest BCUT2D eigenvalue weighted by Crippen LogP contribution is 2.21. The zero-order valence-electron chi connectivity index (χ0n) is 17.3. The lowest BCUT2D eigenvalue weighted by Crippen LogP contribution is -2.40. The lowest BCUT2D eigenvalue weighted by atomic mass is 10.1. The minimum atomic E-state index is -0.280. The largest absolute Gasteiger partial charge is 0.358 e. The van der Waals surface area contributed by atoms with E-state index in [1.165, 1.54) is 23.7 Å². The van der Waals surface area contributed by atoms with Crippen molar-refractivity contribution < 1.29 is 9.59 Å². The van der Waals surface area contributed by atoms with Crippen LogP contribution in [0.1, 0.15) is 22.5 Å². The molecule has 0 aliphatic rings. The molecule has 0 bridgehead atoms. The zero-order chi connectivity index (χ0) is 21.8. The zero-order valence-corrected chi connectivity index (χ0v) is 18.1. The summed E-state index contributed by atoms with van der Waals surface area (Å²) in [5.41, 5.74) is 3.43. The van der Waals surface area contributed by atoms with Gasteiger partial charge in [0.05, 0.1) is 6.42 Å². The molecule has 30 heavy (non-hydrogen) atoms. The van der Waals surface area contributed by atoms with Crippen molar-refractivity contribution in [3.63, 3.8) is 0 Å². The van der Waals surface area contributed by atoms with Gasteiger partial charge in [0.1, 0.15) is 6.54 Å². The third kappa shape index (κ3) is 4.28. The van der Waals surface area contributed by atoms with Gasteiger partial charge in [-0.1, -0.05) is 23.7 Å². The molecule has 1 aromatic carbocycles. The van der Waals surface area contributed by atoms with E-state index in [0.717, 1.165) is 11.3 Å². The number of nitrogens with zero attached hydrogens (tertiary/aromatic N) is 5. The van der Waals surface area contributed by atoms with Crippen LogP contribution in [-0.4, -0.2) is 51.2 Å². The molecular formula is C21H22N6O2S. The number of terminal acetylenes is 1. The number of carbonyl (C=O) groups excluding carboxylic acids is 2. The Morgan fingerprint density at radius 3 is 2.73 bits per heavy atom. The van der Waals surface area contributed by atoms with Crippen molar-refractivity contribution in [2.45, 2.75) is 25.4 Å². The van der Waals surface area contributed by atoms with Crippen molar-refractivity contribution in [3.8, 4) is 12.3 Å². The molecule has 0 unspecified atom stereocenters. The number of fused-ring (bicyclic) bond motifs is 1. The normalized spacial score (nSPS) is 10.6. The van der Waals surface area contributed by atoms with Gasteiger partial charge in [-0.3, -0.25) is 9.59 Å². The first-order chi connectivity index (χ1) is 14.4. The van der Waals surface area contributed by atoms with Gasteiger partial charge in [-0.25, -0.2) is 9.50 Å². The van der Waals surface area contributed by atoms with E-state index in [1.807, 2.05) is 20.1 Å². The quantitative estimate of drug-likeness (QED) is 0.481. The van der Waals surface area contributed by atoms with Crippen LogP contribution in [0, 0.1) is 26.2 Å². The molecule has 0 saturated heterocycles. The molecule has 2 amide bonds. The van der Waals surface area contributed by atoms with Crippen molar-refractivity contribution in [1.82, 2.24) is 24.9 Å². The summed E-state index contributed by atoms with van der Waals surface area (Å²) < 4.78 is 1.64. The molecule has 9 heteroatoms. The minimum absolute atomic E-state index is 0.0618. The molecule has 2 aromatic heterocycles. The summed E-state index contributed by atoms with van der Waals surface area (Å²) >= 11 is 1.43. The standard InChI is InChI=1S/C21H22N6O2S/c1-6-15-8-7-9-16(10-15)26(12-18(28)22-4)19(29)11-17-13(2)23-20-24-21(30-5)25-27(20)14(17)3/h1,7-10H,11-12H2,2-5H3,(H,22,28). The second kappa shape index (κ2) is 8.97. The molecule has 2 heterocycles. The van der Waals surface area contributed by atoms with Crippen LogP contribution in [0.4, 0.5) is 5.69 Å². The van der Waals surface area contributed by atoms with Gasteiger partial charge in [-0.05, 0) is 38.3 Å². The lowest BCUT2D eigenvalue weighted by molar-refractivity contribution is -0.123. The molecule has 0 radical (unpaired) electrons. The Kier molecular flexibility index (Phi) is 6.37. The summed E-state index contributed by atoms with van der Waals surface area (Å²) in [6.07, 6.45) is 7.45. The van der Waals surface area contributed by atoms with E-state index >= 15 is 0 Å². The molecule has 0 fully saturated rings. The number of amides is 2. The number of thioether (sulfide) groups is 1. The van der Waals surface area contributed by atoms with Crippen LogP contribution in [-0.2, 0) is 16.0 Å². The second-order valence-electron chi connectivity index (χ2n) is 6.60. The number of benzene rings is 1. The summed E-state index contributed by atoms with van der Waals surface area (Å²) in [6.45, 7) is 3.60. The van der Waals surface area contributed by atoms with E-state index in [4.69, 9.17) is 6.42 Å². The number of carbonyl (C=O) groups is 2. The van der Waals surface area contributed by atoms with Crippen LogP contribution in [0.5, 0.6) is 0 Å². The maximum absolute atomic E-state index is 13.3. The Balaban J connectivity index is 1.99. The summed E-state index contributed by atoms with van der Waals surface area (Å²) in [4.78, 5) is 35.6. The molecule has 3 aromatic rings. The van der Waals surface area contributed by atoms with Crippen molar-refractivity contribution in [2.75, 3.05) is 24.7 Å². The fourth-order valence-corrected chi connectivity index (χ4v) is 3.42. The number of nitrogens with one attached hydrogen (secondary N) is 1. The van der Waals surface area contributed by atoms with Crippen LogP contribution >= 0.6 is 11.8 Å². The van der Waals surface area contributed by atoms with Crippen molar-refractivity contribution in [1.29, 1.82) is 0 Å². The topological polar surface area (TPSA) is 92.5 Å². The average molecular weight is 423 g/mol. The molecule has 0 aliphatic heterocycles. The Morgan fingerprint density at radius 2 is 2.07 bits per heavy atom. The van der Waals surface area contributed by atoms with Crippen molar-refractivity contribution in [3.05, 3.63) is 46.8 Å². The molecule has 3 rings (SSSR count). The Labute approximate surface area is 179 Å². The molecule has 1 N–H and O–H groups in total. The third-order valence-electron chi connectivity index (χ3n) is 4.75. The van der Waals surface area contributed by atoms with Crippen LogP contribution in [0.3, 0.4) is 0 Å². The van der Waals surface area contributed by atoms with E-state index < -0.39 is 0 Å². The monoisotopic (exact) mass is 422 g/mol. The predicted molar refractivity (Wildman–Crippen MR) is 117 cm³/mol. The molecular weight excluding hydrogens is 400 g/mol. The van der Waals surface area contributed by atoms with Crippen LogP contribution in [0.25, 0.3) is 5.78 Å². The fourth-order valence-electron chi connectivity index (χ4n) is 3.09. The number of rotatable bonds is 6. The number of anilines is 1. The first-order valence-corrected chi connectivity index (χ1v) is 10.4. The van der Waals surface area contributed by atoms with Gasteiger partial charge < -0.3 is 10.2 Å². The first-order valence-electron chi connectivity index (χ1n) is 9.22. The van der Waals surface area contributed by atoms with Gasteiger partial charge in [-0.2, -0.15) is 4.98 Å². The third-order valence-corrected chi connectivity index (χ3v) is 5.28. The van der Waals surface area contributed by atoms with Gasteiger partial charge in [0.2, 0.25) is 17.0 Å². The summed E-state index contributed by atoms with van der Waals surface area (Å²) in [5, 5.41) is 7.59. The van der Waals surface area contributed by atoms with Gasteiger partial charge in [0, 0.05) is 35.2 Å². The van der Waals surface area contributed by atoms with E-state index in [0.29, 0.717) is 27.9 Å². The highest BCUT2D eigenvalue weighted by molar-refractivity contribution is 7.98. The highest BCUT2D eigenvalue weighted by Gasteiger charge is 2.22. The Bertz CT molecular complexity index is 1160. The smallest absolute Gasteiger partial charge is 0.253 e. The molecule has 0 saturated carbocycles. The predicted octanol–water partition coefficient (Wildman–Crippen LogP) is 1.77. The molecule has 0 atom stereocenters. The van der Waals surface area contributed by atoms with E-state index in [-0.39, 0.29) is 24.8 Å². The van der Waals surface area contributed by atoms with E-state index in [1.54, 1.807) is 28.8 Å². The lowest BCUT2D eigenvalue weighted by Gasteiger charge is -2.23. The first kappa shape index (κ1) is 21.3. The number of hydrogen-bond acceptors (Lipinski definition) is 6. The molecule has 0 spiro atoms. The van der Waals surface area contributed by atoms with E-state index in [9.17, 15) is 9.59 Å². The van der Waals surface area contributed by atoms with Gasteiger partial charge in [-0.15, -0.1) is 11.5 Å². The van der Waals surface area contributed by atoms with Gasteiger partial charge in [0.15, 0.2) is 0 Å². The van der Waals surface area contributed by atoms with Crippen LogP contribution in [0.2, 0.25) is 0 Å². The van der Waals surface area contributed by atoms with Crippen molar-refractivity contribution in [2.24, 2.45) is 0 Å². The minimum Gasteiger partial charge on any atom is -0.358 e. The number of hydrogen-bond donors (Lipinski definition) is 1. The number of likely N-dealkylation sites (N-methyl/N-ethyl adjacent to an activating group) is 1. The summed E-state index contributed by atoms with van der Waals surface area (Å²) in [5.74, 6) is 2.52. The van der Waals surface area contributed by atoms with Crippen LogP contribution < -0.4 is 10.2 Å². The maximum atomic E-state index is 13.3. The Hall–Kier alpha value is -3.38. The SMILES string of the molecule is C#Cc1cccc(N(CC(=O)NC)C(=O)Cc2c(C)nc3nc(SC)nn3c2C)c1. The summed E-state index contributed by atoms with van der Waals surface area (Å²) in [7, 11) is 1.53. The van der Waals surface area contributed by atoms with Crippen LogP contribution in [0.15, 0.2) is 29.4 Å². The van der Waals surface area contributed by atoms with Gasteiger partial charge in [0.25, 0.3) is 5.78 Å². The Morgan fingerprint density at radius 1 is 1.30 bits per heavy atom. The molecule has 0 aliphatic carbocycles. The highest BCUT2D eigenvalue weighted by atomic mass is 32.2. The average Bonchev–Trinajstić information content (AvgIpc) is 3.17. The molecule has 154 valence electrons. The molecule has 8 nitrogen and oxygen atoms in total. The van der Waals surface area contributed by atoms with Crippen molar-refractivity contribution >= 4 is 35.0 Å². The number of aromatic nitrogens is 4.